The number of aromatic nitrogens is 2. The lowest BCUT2D eigenvalue weighted by atomic mass is 10.2. The van der Waals surface area contributed by atoms with Gasteiger partial charge in [-0.15, -0.1) is 0 Å². The van der Waals surface area contributed by atoms with Gasteiger partial charge in [0.05, 0.1) is 37.5 Å². The second-order valence-corrected chi connectivity index (χ2v) is 10.1. The quantitative estimate of drug-likeness (QED) is 0.138. The van der Waals surface area contributed by atoms with Crippen molar-refractivity contribution < 1.29 is 22.7 Å². The Morgan fingerprint density at radius 2 is 1.56 bits per heavy atom. The number of carbonyl (C=O) groups excluding carboxylic acids is 1. The highest BCUT2D eigenvalue weighted by molar-refractivity contribution is 7.74. The Labute approximate surface area is 240 Å². The number of amides is 1. The van der Waals surface area contributed by atoms with Crippen molar-refractivity contribution in [1.82, 2.24) is 20.2 Å². The van der Waals surface area contributed by atoms with Gasteiger partial charge in [0.25, 0.3) is 0 Å². The highest BCUT2D eigenvalue weighted by Gasteiger charge is 2.21. The van der Waals surface area contributed by atoms with Crippen molar-refractivity contribution >= 4 is 56.5 Å². The molecule has 1 heterocycles. The molecule has 0 atom stereocenters. The fourth-order valence-corrected chi connectivity index (χ4v) is 4.56. The topological polar surface area (TPSA) is 138 Å². The smallest absolute Gasteiger partial charge is 0.238 e. The number of ether oxygens (including phenoxy) is 2. The van der Waals surface area contributed by atoms with Crippen LogP contribution in [0.1, 0.15) is 0 Å². The lowest BCUT2D eigenvalue weighted by molar-refractivity contribution is -0.115. The van der Waals surface area contributed by atoms with E-state index in [0.29, 0.717) is 40.5 Å². The van der Waals surface area contributed by atoms with Gasteiger partial charge in [0.15, 0.2) is 11.6 Å². The van der Waals surface area contributed by atoms with E-state index in [0.717, 1.165) is 10.8 Å². The van der Waals surface area contributed by atoms with Gasteiger partial charge in [-0.05, 0) is 44.4 Å². The molecule has 1 amide bonds. The second-order valence-electron chi connectivity index (χ2n) is 9.24. The number of benzene rings is 3. The Morgan fingerprint density at radius 1 is 0.878 bits per heavy atom. The number of likely N-dealkylation sites (N-methyl/N-ethyl adjacent to an activating group) is 1. The van der Waals surface area contributed by atoms with Crippen LogP contribution in [0.25, 0.3) is 11.0 Å². The number of rotatable bonds is 13. The molecule has 41 heavy (non-hydrogen) atoms. The molecule has 0 aliphatic rings. The molecule has 216 valence electrons. The summed E-state index contributed by atoms with van der Waals surface area (Å²) in [6.07, 6.45) is 0. The van der Waals surface area contributed by atoms with Crippen LogP contribution >= 0.6 is 0 Å². The standard InChI is InChI=1S/C28H33N7O5S/c1-34(2)13-12-29-18-26(36)30-19-8-7-9-21(14-19)35(41(37)38)28-27(32-24-10-5-6-11-25(24)33-28)31-20-15-22(39-3)17-23(16-20)40-4/h5-11,14-17,29,41H,12-13,18H2,1-4H3,(H,30,36)(H,31,32). The van der Waals surface area contributed by atoms with E-state index >= 15 is 0 Å². The molecule has 1 aromatic heterocycles. The van der Waals surface area contributed by atoms with Crippen LogP contribution in [-0.2, 0) is 15.7 Å². The molecule has 0 aliphatic carbocycles. The zero-order valence-electron chi connectivity index (χ0n) is 23.2. The van der Waals surface area contributed by atoms with E-state index < -0.39 is 10.9 Å². The maximum atomic E-state index is 12.7. The summed E-state index contributed by atoms with van der Waals surface area (Å²) in [6, 6.07) is 18.9. The molecule has 12 nitrogen and oxygen atoms in total. The molecule has 4 aromatic rings. The van der Waals surface area contributed by atoms with Gasteiger partial charge >= 0.3 is 0 Å². The number of anilines is 5. The Kier molecular flexibility index (Phi) is 9.90. The number of thiol groups is 1. The number of methoxy groups -OCH3 is 2. The first-order chi connectivity index (χ1) is 19.8. The molecule has 0 saturated heterocycles. The van der Waals surface area contributed by atoms with E-state index in [1.165, 1.54) is 14.2 Å². The van der Waals surface area contributed by atoms with Crippen molar-refractivity contribution in [2.45, 2.75) is 0 Å². The van der Waals surface area contributed by atoms with E-state index in [1.807, 2.05) is 25.1 Å². The van der Waals surface area contributed by atoms with Crippen molar-refractivity contribution in [3.8, 4) is 11.5 Å². The average molecular weight is 580 g/mol. The average Bonchev–Trinajstić information content (AvgIpc) is 2.95. The van der Waals surface area contributed by atoms with Crippen molar-refractivity contribution in [3.05, 3.63) is 66.7 Å². The summed E-state index contributed by atoms with van der Waals surface area (Å²) >= 11 is 0. The van der Waals surface area contributed by atoms with Crippen molar-refractivity contribution in [2.75, 3.05) is 62.9 Å². The maximum absolute atomic E-state index is 12.7. The molecule has 0 saturated carbocycles. The van der Waals surface area contributed by atoms with Crippen LogP contribution in [0, 0.1) is 0 Å². The number of nitrogens with one attached hydrogen (secondary N) is 3. The van der Waals surface area contributed by atoms with Crippen molar-refractivity contribution in [2.24, 2.45) is 0 Å². The van der Waals surface area contributed by atoms with Crippen molar-refractivity contribution in [1.29, 1.82) is 0 Å². The van der Waals surface area contributed by atoms with Gasteiger partial charge in [-0.3, -0.25) is 4.79 Å². The van der Waals surface area contributed by atoms with E-state index in [9.17, 15) is 13.2 Å². The van der Waals surface area contributed by atoms with E-state index in [4.69, 9.17) is 9.47 Å². The summed E-state index contributed by atoms with van der Waals surface area (Å²) in [6.45, 7) is 1.56. The van der Waals surface area contributed by atoms with E-state index in [-0.39, 0.29) is 29.8 Å². The predicted octanol–water partition coefficient (Wildman–Crippen LogP) is 3.14. The number of nitrogens with zero attached hydrogens (tertiary/aromatic N) is 4. The van der Waals surface area contributed by atoms with Crippen LogP contribution in [0.4, 0.5) is 28.7 Å². The van der Waals surface area contributed by atoms with Crippen LogP contribution in [-0.4, -0.2) is 77.1 Å². The zero-order valence-corrected chi connectivity index (χ0v) is 24.1. The van der Waals surface area contributed by atoms with Crippen LogP contribution in [0.5, 0.6) is 11.5 Å². The summed E-state index contributed by atoms with van der Waals surface area (Å²) in [4.78, 5) is 23.8. The third-order valence-electron chi connectivity index (χ3n) is 5.93. The lowest BCUT2D eigenvalue weighted by Gasteiger charge is -2.21. The fraction of sp³-hybridized carbons (Fsp3) is 0.250. The summed E-state index contributed by atoms with van der Waals surface area (Å²) in [5.41, 5.74) is 2.33. The second kappa shape index (κ2) is 13.7. The predicted molar refractivity (Wildman–Crippen MR) is 161 cm³/mol. The van der Waals surface area contributed by atoms with Crippen LogP contribution in [0.2, 0.25) is 0 Å². The zero-order chi connectivity index (χ0) is 29.4. The Hall–Kier alpha value is -4.46. The minimum absolute atomic E-state index is 0.0513. The number of hydrogen-bond donors (Lipinski definition) is 4. The number of para-hydroxylation sites is 2. The van der Waals surface area contributed by atoms with Gasteiger partial charge in [0, 0.05) is 42.7 Å². The molecule has 0 bridgehead atoms. The third kappa shape index (κ3) is 7.81. The van der Waals surface area contributed by atoms with Gasteiger partial charge in [0.1, 0.15) is 11.5 Å². The first-order valence-electron chi connectivity index (χ1n) is 12.7. The molecular weight excluding hydrogens is 546 g/mol. The lowest BCUT2D eigenvalue weighted by Crippen LogP contribution is -2.33. The molecule has 4 rings (SSSR count). The van der Waals surface area contributed by atoms with Gasteiger partial charge in [-0.2, -0.15) is 0 Å². The highest BCUT2D eigenvalue weighted by Crippen LogP contribution is 2.35. The molecule has 13 heteroatoms. The molecule has 0 fully saturated rings. The Morgan fingerprint density at radius 3 is 2.20 bits per heavy atom. The molecule has 0 unspecified atom stereocenters. The van der Waals surface area contributed by atoms with Gasteiger partial charge in [-0.1, -0.05) is 18.2 Å². The third-order valence-corrected chi connectivity index (χ3v) is 6.67. The number of hydrogen-bond acceptors (Lipinski definition) is 10. The SMILES string of the molecule is COc1cc(Nc2nc3ccccc3nc2N(c2cccc(NC(=O)CNCCN(C)C)c2)[SH](=O)=O)cc(OC)c1. The highest BCUT2D eigenvalue weighted by atomic mass is 32.2. The summed E-state index contributed by atoms with van der Waals surface area (Å²) in [5.74, 6) is 1.06. The monoisotopic (exact) mass is 579 g/mol. The molecule has 0 radical (unpaired) electrons. The first kappa shape index (κ1) is 29.5. The van der Waals surface area contributed by atoms with Gasteiger partial charge in [-0.25, -0.2) is 22.7 Å². The normalized spacial score (nSPS) is 11.1. The Bertz CT molecular complexity index is 1570. The van der Waals surface area contributed by atoms with Crippen LogP contribution in [0.15, 0.2) is 66.7 Å². The minimum Gasteiger partial charge on any atom is -0.497 e. The summed E-state index contributed by atoms with van der Waals surface area (Å²) < 4.78 is 37.3. The molecule has 3 aromatic carbocycles. The van der Waals surface area contributed by atoms with Gasteiger partial charge in [0.2, 0.25) is 16.8 Å². The largest absolute Gasteiger partial charge is 0.497 e. The minimum atomic E-state index is -3.22. The maximum Gasteiger partial charge on any atom is 0.238 e. The number of carbonyl (C=O) groups is 1. The Balaban J connectivity index is 1.70. The molecule has 0 aliphatic heterocycles. The van der Waals surface area contributed by atoms with Crippen LogP contribution in [0.3, 0.4) is 0 Å². The van der Waals surface area contributed by atoms with E-state index in [2.05, 4.69) is 25.9 Å². The summed E-state index contributed by atoms with van der Waals surface area (Å²) in [7, 11) is 3.76. The van der Waals surface area contributed by atoms with Crippen molar-refractivity contribution in [3.63, 3.8) is 0 Å². The number of fused-ring (bicyclic) bond motifs is 1. The van der Waals surface area contributed by atoms with Crippen LogP contribution < -0.4 is 29.7 Å². The van der Waals surface area contributed by atoms with Gasteiger partial charge < -0.3 is 30.3 Å². The first-order valence-corrected chi connectivity index (χ1v) is 13.9. The molecule has 3 N–H and O–H groups in total. The van der Waals surface area contributed by atoms with E-state index in [1.54, 1.807) is 60.7 Å². The molecule has 0 spiro atoms. The molecular formula is C28H33N7O5S. The fourth-order valence-electron chi connectivity index (χ4n) is 3.96. The summed E-state index contributed by atoms with van der Waals surface area (Å²) in [5, 5.41) is 9.06.